The minimum absolute atomic E-state index is 0.122. The lowest BCUT2D eigenvalue weighted by Crippen LogP contribution is -2.41. The summed E-state index contributed by atoms with van der Waals surface area (Å²) >= 11 is 0. The van der Waals surface area contributed by atoms with Crippen molar-refractivity contribution < 1.29 is 23.6 Å². The summed E-state index contributed by atoms with van der Waals surface area (Å²) in [6, 6.07) is 2.35. The molecule has 23 heavy (non-hydrogen) atoms. The van der Waals surface area contributed by atoms with Crippen molar-refractivity contribution in [3.63, 3.8) is 0 Å². The van der Waals surface area contributed by atoms with Crippen LogP contribution in [0.3, 0.4) is 0 Å². The molecule has 0 aromatic heterocycles. The van der Waals surface area contributed by atoms with E-state index >= 15 is 0 Å². The molecule has 8 nitrogen and oxygen atoms in total. The Morgan fingerprint density at radius 3 is 2.22 bits per heavy atom. The van der Waals surface area contributed by atoms with Gasteiger partial charge in [0.05, 0.1) is 23.0 Å². The summed E-state index contributed by atoms with van der Waals surface area (Å²) in [4.78, 5) is 10.2. The lowest BCUT2D eigenvalue weighted by Gasteiger charge is -2.30. The van der Waals surface area contributed by atoms with Crippen LogP contribution in [-0.2, 0) is 10.0 Å². The number of non-ortho nitro benzene ring substituents is 1. The van der Waals surface area contributed by atoms with E-state index in [1.165, 1.54) is 13.1 Å². The summed E-state index contributed by atoms with van der Waals surface area (Å²) in [7, 11) is -2.68. The molecule has 9 heteroatoms. The van der Waals surface area contributed by atoms with Crippen LogP contribution in [-0.4, -0.2) is 54.7 Å². The quantitative estimate of drug-likeness (QED) is 0.557. The van der Waals surface area contributed by atoms with Crippen molar-refractivity contribution in [2.75, 3.05) is 26.8 Å². The molecule has 0 fully saturated rings. The van der Waals surface area contributed by atoms with Gasteiger partial charge in [0, 0.05) is 31.1 Å². The van der Waals surface area contributed by atoms with Crippen LogP contribution in [0.2, 0.25) is 0 Å². The first-order chi connectivity index (χ1) is 10.5. The number of rotatable bonds is 7. The summed E-state index contributed by atoms with van der Waals surface area (Å²) in [5, 5.41) is 29.6. The number of benzene rings is 1. The topological polar surface area (TPSA) is 121 Å². The van der Waals surface area contributed by atoms with Crippen molar-refractivity contribution >= 4 is 15.7 Å². The average molecular weight is 346 g/mol. The summed E-state index contributed by atoms with van der Waals surface area (Å²) in [6.07, 6.45) is 0. The second-order valence-corrected chi connectivity index (χ2v) is 8.04. The molecule has 1 aromatic carbocycles. The number of nitro benzene ring substituents is 1. The van der Waals surface area contributed by atoms with Crippen molar-refractivity contribution in [1.82, 2.24) is 4.31 Å². The molecule has 2 N–H and O–H groups in total. The lowest BCUT2D eigenvalue weighted by atomic mass is 9.93. The van der Waals surface area contributed by atoms with Crippen LogP contribution < -0.4 is 0 Å². The Balaban J connectivity index is 3.36. The Labute approximate surface area is 135 Å². The molecule has 0 unspecified atom stereocenters. The third-order valence-electron chi connectivity index (χ3n) is 3.87. The molecule has 1 rings (SSSR count). The second-order valence-electron chi connectivity index (χ2n) is 6.03. The molecule has 130 valence electrons. The van der Waals surface area contributed by atoms with Gasteiger partial charge in [-0.2, -0.15) is 0 Å². The molecule has 0 aliphatic carbocycles. The zero-order valence-corrected chi connectivity index (χ0v) is 14.4. The van der Waals surface area contributed by atoms with Crippen LogP contribution in [0, 0.1) is 29.4 Å². The van der Waals surface area contributed by atoms with E-state index in [4.69, 9.17) is 0 Å². The minimum Gasteiger partial charge on any atom is -0.396 e. The van der Waals surface area contributed by atoms with Gasteiger partial charge in [0.1, 0.15) is 0 Å². The number of aliphatic hydroxyl groups excluding tert-OH is 2. The number of hydrogen-bond donors (Lipinski definition) is 2. The molecule has 0 spiro atoms. The van der Waals surface area contributed by atoms with Crippen LogP contribution in [0.1, 0.15) is 18.1 Å². The van der Waals surface area contributed by atoms with E-state index in [1.54, 1.807) is 20.8 Å². The molecule has 0 heterocycles. The molecule has 0 amide bonds. The van der Waals surface area contributed by atoms with E-state index < -0.39 is 33.6 Å². The molecule has 0 atom stereocenters. The normalized spacial score (nSPS) is 12.7. The summed E-state index contributed by atoms with van der Waals surface area (Å²) < 4.78 is 26.5. The molecule has 0 radical (unpaired) electrons. The van der Waals surface area contributed by atoms with Crippen LogP contribution in [0.15, 0.2) is 17.0 Å². The standard InChI is InChI=1S/C14H22N2O6S/c1-10-5-12(16(19)20)6-13(11(10)2)23(21,22)15(4)7-14(3,8-17)9-18/h5-6,17-18H,7-9H2,1-4H3. The van der Waals surface area contributed by atoms with Crippen molar-refractivity contribution in [2.24, 2.45) is 5.41 Å². The minimum atomic E-state index is -3.99. The number of nitro groups is 1. The largest absolute Gasteiger partial charge is 0.396 e. The van der Waals surface area contributed by atoms with Crippen molar-refractivity contribution in [3.8, 4) is 0 Å². The van der Waals surface area contributed by atoms with Crippen molar-refractivity contribution in [1.29, 1.82) is 0 Å². The fourth-order valence-corrected chi connectivity index (χ4v) is 3.76. The van der Waals surface area contributed by atoms with Gasteiger partial charge in [-0.1, -0.05) is 6.92 Å². The first-order valence-corrected chi connectivity index (χ1v) is 8.36. The Hall–Kier alpha value is -1.55. The second kappa shape index (κ2) is 6.91. The predicted molar refractivity (Wildman–Crippen MR) is 84.7 cm³/mol. The Kier molecular flexibility index (Phi) is 5.86. The van der Waals surface area contributed by atoms with Crippen LogP contribution >= 0.6 is 0 Å². The zero-order chi connectivity index (χ0) is 18.0. The van der Waals surface area contributed by atoms with Gasteiger partial charge < -0.3 is 10.2 Å². The Bertz CT molecular complexity index is 697. The van der Waals surface area contributed by atoms with E-state index in [2.05, 4.69) is 0 Å². The number of hydrogen-bond acceptors (Lipinski definition) is 6. The lowest BCUT2D eigenvalue weighted by molar-refractivity contribution is -0.385. The molecule has 0 saturated carbocycles. The third-order valence-corrected chi connectivity index (χ3v) is 5.80. The molecular weight excluding hydrogens is 324 g/mol. The van der Waals surface area contributed by atoms with Gasteiger partial charge in [0.25, 0.3) is 5.69 Å². The highest BCUT2D eigenvalue weighted by Crippen LogP contribution is 2.28. The van der Waals surface area contributed by atoms with Gasteiger partial charge in [0.2, 0.25) is 10.0 Å². The molecular formula is C14H22N2O6S. The Morgan fingerprint density at radius 1 is 1.26 bits per heavy atom. The van der Waals surface area contributed by atoms with E-state index in [0.29, 0.717) is 11.1 Å². The Morgan fingerprint density at radius 2 is 1.78 bits per heavy atom. The van der Waals surface area contributed by atoms with Gasteiger partial charge in [0.15, 0.2) is 0 Å². The summed E-state index contributed by atoms with van der Waals surface area (Å²) in [6.45, 7) is 3.82. The fraction of sp³-hybridized carbons (Fsp3) is 0.571. The first-order valence-electron chi connectivity index (χ1n) is 6.92. The fourth-order valence-electron chi connectivity index (χ4n) is 2.12. The van der Waals surface area contributed by atoms with Gasteiger partial charge in [-0.05, 0) is 25.0 Å². The molecule has 1 aromatic rings. The van der Waals surface area contributed by atoms with Gasteiger partial charge in [-0.15, -0.1) is 0 Å². The maximum Gasteiger partial charge on any atom is 0.271 e. The van der Waals surface area contributed by atoms with E-state index in [9.17, 15) is 28.7 Å². The highest BCUT2D eigenvalue weighted by molar-refractivity contribution is 7.89. The maximum absolute atomic E-state index is 12.7. The average Bonchev–Trinajstić information content (AvgIpc) is 2.48. The molecule has 0 bridgehead atoms. The maximum atomic E-state index is 12.7. The number of aryl methyl sites for hydroxylation is 1. The third kappa shape index (κ3) is 4.05. The first kappa shape index (κ1) is 19.5. The molecule has 0 saturated heterocycles. The van der Waals surface area contributed by atoms with Gasteiger partial charge in [-0.3, -0.25) is 10.1 Å². The number of nitrogens with zero attached hydrogens (tertiary/aromatic N) is 2. The van der Waals surface area contributed by atoms with E-state index in [1.807, 2.05) is 0 Å². The highest BCUT2D eigenvalue weighted by atomic mass is 32.2. The smallest absolute Gasteiger partial charge is 0.271 e. The van der Waals surface area contributed by atoms with E-state index in [0.717, 1.165) is 10.4 Å². The summed E-state index contributed by atoms with van der Waals surface area (Å²) in [5.41, 5.74) is -0.381. The van der Waals surface area contributed by atoms with Crippen molar-refractivity contribution in [3.05, 3.63) is 33.4 Å². The van der Waals surface area contributed by atoms with Gasteiger partial charge in [-0.25, -0.2) is 12.7 Å². The number of sulfonamides is 1. The summed E-state index contributed by atoms with van der Waals surface area (Å²) in [5.74, 6) is 0. The number of aliphatic hydroxyl groups is 2. The van der Waals surface area contributed by atoms with Crippen LogP contribution in [0.25, 0.3) is 0 Å². The predicted octanol–water partition coefficient (Wildman–Crippen LogP) is 0.823. The molecule has 0 aliphatic heterocycles. The molecule has 0 aliphatic rings. The SMILES string of the molecule is Cc1cc([N+](=O)[O-])cc(S(=O)(=O)N(C)CC(C)(CO)CO)c1C. The highest BCUT2D eigenvalue weighted by Gasteiger charge is 2.32. The van der Waals surface area contributed by atoms with Crippen LogP contribution in [0.4, 0.5) is 5.69 Å². The zero-order valence-electron chi connectivity index (χ0n) is 13.6. The van der Waals surface area contributed by atoms with Crippen LogP contribution in [0.5, 0.6) is 0 Å². The monoisotopic (exact) mass is 346 g/mol. The van der Waals surface area contributed by atoms with Gasteiger partial charge >= 0.3 is 0 Å². The van der Waals surface area contributed by atoms with E-state index in [-0.39, 0.29) is 17.1 Å². The van der Waals surface area contributed by atoms with Crippen molar-refractivity contribution in [2.45, 2.75) is 25.7 Å².